The highest BCUT2D eigenvalue weighted by Crippen LogP contribution is 2.29. The van der Waals surface area contributed by atoms with Gasteiger partial charge in [0.05, 0.1) is 7.11 Å². The second-order valence-electron chi connectivity index (χ2n) is 4.60. The van der Waals surface area contributed by atoms with Crippen molar-refractivity contribution in [3.8, 4) is 11.5 Å². The van der Waals surface area contributed by atoms with E-state index < -0.39 is 0 Å². The second kappa shape index (κ2) is 4.92. The summed E-state index contributed by atoms with van der Waals surface area (Å²) in [5, 5.41) is 3.26. The molecular formula is C13H18FNO2. The van der Waals surface area contributed by atoms with E-state index in [1.807, 2.05) is 6.92 Å². The first-order valence-electron chi connectivity index (χ1n) is 5.86. The molecule has 1 aromatic carbocycles. The first kappa shape index (κ1) is 12.2. The summed E-state index contributed by atoms with van der Waals surface area (Å²) in [6, 6.07) is 4.68. The number of nitrogens with one attached hydrogen (secondary N) is 1. The first-order valence-corrected chi connectivity index (χ1v) is 5.86. The maximum Gasteiger partial charge on any atom is 0.168 e. The van der Waals surface area contributed by atoms with Crippen molar-refractivity contribution in [2.75, 3.05) is 20.2 Å². The van der Waals surface area contributed by atoms with Crippen LogP contribution in [0.2, 0.25) is 0 Å². The molecule has 0 bridgehead atoms. The van der Waals surface area contributed by atoms with Gasteiger partial charge >= 0.3 is 0 Å². The monoisotopic (exact) mass is 239 g/mol. The van der Waals surface area contributed by atoms with Gasteiger partial charge in [0.2, 0.25) is 0 Å². The fourth-order valence-electron chi connectivity index (χ4n) is 2.01. The van der Waals surface area contributed by atoms with Crippen molar-refractivity contribution < 1.29 is 13.9 Å². The number of hydrogen-bond acceptors (Lipinski definition) is 3. The Morgan fingerprint density at radius 2 is 2.00 bits per heavy atom. The molecule has 0 aromatic heterocycles. The summed E-state index contributed by atoms with van der Waals surface area (Å²) in [6.07, 6.45) is 1.77. The van der Waals surface area contributed by atoms with Crippen LogP contribution in [0.15, 0.2) is 18.2 Å². The highest BCUT2D eigenvalue weighted by Gasteiger charge is 2.29. The third kappa shape index (κ3) is 2.88. The van der Waals surface area contributed by atoms with Crippen LogP contribution < -0.4 is 14.8 Å². The van der Waals surface area contributed by atoms with E-state index in [2.05, 4.69) is 5.32 Å². The average molecular weight is 239 g/mol. The van der Waals surface area contributed by atoms with Gasteiger partial charge in [-0.2, -0.15) is 0 Å². The highest BCUT2D eigenvalue weighted by atomic mass is 19.1. The van der Waals surface area contributed by atoms with E-state index in [0.29, 0.717) is 11.5 Å². The SMILES string of the molecule is COc1ccc(OC2(C)CCNCC2)c(F)c1. The van der Waals surface area contributed by atoms with Crippen LogP contribution in [0.5, 0.6) is 11.5 Å². The molecule has 3 nitrogen and oxygen atoms in total. The molecule has 0 radical (unpaired) electrons. The van der Waals surface area contributed by atoms with Gasteiger partial charge in [-0.05, 0) is 45.0 Å². The zero-order valence-electron chi connectivity index (χ0n) is 10.3. The summed E-state index contributed by atoms with van der Waals surface area (Å²) in [5.41, 5.74) is -0.277. The molecule has 1 aliphatic rings. The Bertz CT molecular complexity index is 389. The molecular weight excluding hydrogens is 221 g/mol. The van der Waals surface area contributed by atoms with Crippen molar-refractivity contribution in [1.82, 2.24) is 5.32 Å². The van der Waals surface area contributed by atoms with Crippen LogP contribution in [0, 0.1) is 5.82 Å². The Hall–Kier alpha value is -1.29. The van der Waals surface area contributed by atoms with Gasteiger partial charge in [0, 0.05) is 6.07 Å². The smallest absolute Gasteiger partial charge is 0.168 e. The largest absolute Gasteiger partial charge is 0.497 e. The third-order valence-electron chi connectivity index (χ3n) is 3.16. The minimum absolute atomic E-state index is 0.277. The molecule has 0 aliphatic carbocycles. The Morgan fingerprint density at radius 1 is 1.29 bits per heavy atom. The van der Waals surface area contributed by atoms with E-state index in [1.165, 1.54) is 13.2 Å². The van der Waals surface area contributed by atoms with E-state index in [4.69, 9.17) is 9.47 Å². The van der Waals surface area contributed by atoms with Crippen LogP contribution in [0.1, 0.15) is 19.8 Å². The van der Waals surface area contributed by atoms with E-state index in [-0.39, 0.29) is 11.4 Å². The van der Waals surface area contributed by atoms with Crippen LogP contribution in [0.25, 0.3) is 0 Å². The summed E-state index contributed by atoms with van der Waals surface area (Å²) in [4.78, 5) is 0. The number of rotatable bonds is 3. The molecule has 4 heteroatoms. The Balaban J connectivity index is 2.12. The molecule has 2 rings (SSSR count). The molecule has 0 amide bonds. The van der Waals surface area contributed by atoms with Gasteiger partial charge in [-0.25, -0.2) is 4.39 Å². The molecule has 1 heterocycles. The second-order valence-corrected chi connectivity index (χ2v) is 4.60. The summed E-state index contributed by atoms with van der Waals surface area (Å²) < 4.78 is 24.5. The van der Waals surface area contributed by atoms with Crippen LogP contribution in [-0.4, -0.2) is 25.8 Å². The minimum Gasteiger partial charge on any atom is -0.497 e. The summed E-state index contributed by atoms with van der Waals surface area (Å²) in [5.74, 6) is 0.435. The molecule has 94 valence electrons. The molecule has 1 N–H and O–H groups in total. The van der Waals surface area contributed by atoms with Crippen molar-refractivity contribution in [2.45, 2.75) is 25.4 Å². The van der Waals surface area contributed by atoms with E-state index in [1.54, 1.807) is 12.1 Å². The van der Waals surface area contributed by atoms with Gasteiger partial charge in [-0.3, -0.25) is 0 Å². The van der Waals surface area contributed by atoms with Crippen molar-refractivity contribution in [3.63, 3.8) is 0 Å². The molecule has 0 unspecified atom stereocenters. The zero-order valence-corrected chi connectivity index (χ0v) is 10.3. The molecule has 1 fully saturated rings. The van der Waals surface area contributed by atoms with Gasteiger partial charge < -0.3 is 14.8 Å². The standard InChI is InChI=1S/C13H18FNO2/c1-13(5-7-15-8-6-13)17-12-4-3-10(16-2)9-11(12)14/h3-4,9,15H,5-8H2,1-2H3. The molecule has 17 heavy (non-hydrogen) atoms. The normalized spacial score (nSPS) is 18.8. The van der Waals surface area contributed by atoms with Crippen LogP contribution >= 0.6 is 0 Å². The van der Waals surface area contributed by atoms with E-state index in [9.17, 15) is 4.39 Å². The number of benzene rings is 1. The highest BCUT2D eigenvalue weighted by molar-refractivity contribution is 5.33. The molecule has 1 saturated heterocycles. The maximum atomic E-state index is 13.7. The molecule has 0 atom stereocenters. The van der Waals surface area contributed by atoms with Crippen LogP contribution in [0.4, 0.5) is 4.39 Å². The van der Waals surface area contributed by atoms with Crippen LogP contribution in [-0.2, 0) is 0 Å². The van der Waals surface area contributed by atoms with E-state index in [0.717, 1.165) is 25.9 Å². The molecule has 0 spiro atoms. The van der Waals surface area contributed by atoms with Gasteiger partial charge in [0.1, 0.15) is 11.4 Å². The molecule has 1 aromatic rings. The number of ether oxygens (including phenoxy) is 2. The van der Waals surface area contributed by atoms with Crippen molar-refractivity contribution >= 4 is 0 Å². The predicted octanol–water partition coefficient (Wildman–Crippen LogP) is 2.36. The van der Waals surface area contributed by atoms with Crippen molar-refractivity contribution in [1.29, 1.82) is 0 Å². The lowest BCUT2D eigenvalue weighted by Crippen LogP contribution is -2.44. The lowest BCUT2D eigenvalue weighted by molar-refractivity contribution is 0.0513. The maximum absolute atomic E-state index is 13.7. The zero-order chi connectivity index (χ0) is 12.3. The number of piperidine rings is 1. The first-order chi connectivity index (χ1) is 8.13. The fourth-order valence-corrected chi connectivity index (χ4v) is 2.01. The minimum atomic E-state index is -0.371. The fraction of sp³-hybridized carbons (Fsp3) is 0.538. The quantitative estimate of drug-likeness (QED) is 0.878. The Labute approximate surface area is 101 Å². The van der Waals surface area contributed by atoms with Gasteiger partial charge in [0.15, 0.2) is 11.6 Å². The molecule has 1 aliphatic heterocycles. The Morgan fingerprint density at radius 3 is 2.59 bits per heavy atom. The Kier molecular flexibility index (Phi) is 3.52. The van der Waals surface area contributed by atoms with Gasteiger partial charge in [-0.15, -0.1) is 0 Å². The van der Waals surface area contributed by atoms with Crippen LogP contribution in [0.3, 0.4) is 0 Å². The topological polar surface area (TPSA) is 30.5 Å². The lowest BCUT2D eigenvalue weighted by atomic mass is 9.94. The third-order valence-corrected chi connectivity index (χ3v) is 3.16. The van der Waals surface area contributed by atoms with E-state index >= 15 is 0 Å². The van der Waals surface area contributed by atoms with Crippen molar-refractivity contribution in [3.05, 3.63) is 24.0 Å². The summed E-state index contributed by atoms with van der Waals surface area (Å²) in [7, 11) is 1.52. The van der Waals surface area contributed by atoms with Crippen molar-refractivity contribution in [2.24, 2.45) is 0 Å². The number of methoxy groups -OCH3 is 1. The number of hydrogen-bond donors (Lipinski definition) is 1. The predicted molar refractivity (Wildman–Crippen MR) is 64.1 cm³/mol. The average Bonchev–Trinajstić information content (AvgIpc) is 2.32. The molecule has 0 saturated carbocycles. The van der Waals surface area contributed by atoms with Gasteiger partial charge in [-0.1, -0.05) is 0 Å². The van der Waals surface area contributed by atoms with Gasteiger partial charge in [0.25, 0.3) is 0 Å². The lowest BCUT2D eigenvalue weighted by Gasteiger charge is -2.34. The summed E-state index contributed by atoms with van der Waals surface area (Å²) >= 11 is 0. The summed E-state index contributed by atoms with van der Waals surface area (Å²) in [6.45, 7) is 3.85. The number of halogens is 1.